The minimum absolute atomic E-state index is 0.174. The Morgan fingerprint density at radius 2 is 1.04 bits per heavy atom. The van der Waals surface area contributed by atoms with Crippen LogP contribution >= 0.6 is 0 Å². The van der Waals surface area contributed by atoms with Gasteiger partial charge in [0.15, 0.2) is 8.07 Å². The van der Waals surface area contributed by atoms with E-state index in [0.717, 1.165) is 6.61 Å². The van der Waals surface area contributed by atoms with Crippen LogP contribution in [0, 0.1) is 0 Å². The van der Waals surface area contributed by atoms with Crippen LogP contribution in [0.15, 0.2) is 91.0 Å². The van der Waals surface area contributed by atoms with Gasteiger partial charge in [0.2, 0.25) is 0 Å². The highest BCUT2D eigenvalue weighted by molar-refractivity contribution is 7.13. The summed E-state index contributed by atoms with van der Waals surface area (Å²) in [6.45, 7) is 0.943. The summed E-state index contributed by atoms with van der Waals surface area (Å²) in [6, 6.07) is 33.5. The number of hydrogen-bond donors (Lipinski definition) is 0. The normalized spacial score (nSPS) is 24.8. The Bertz CT molecular complexity index is 744. The molecule has 24 heavy (non-hydrogen) atoms. The van der Waals surface area contributed by atoms with Gasteiger partial charge in [-0.05, 0) is 22.0 Å². The summed E-state index contributed by atoms with van der Waals surface area (Å²) in [6.07, 6.45) is 1.21. The molecule has 1 spiro atoms. The number of benzene rings is 3. The van der Waals surface area contributed by atoms with Crippen molar-refractivity contribution in [1.82, 2.24) is 0 Å². The van der Waals surface area contributed by atoms with E-state index in [1.165, 1.54) is 22.0 Å². The second-order valence-electron chi connectivity index (χ2n) is 7.02. The minimum Gasteiger partial charge on any atom is -0.370 e. The molecule has 0 unspecified atom stereocenters. The molecule has 0 radical (unpaired) electrons. The molecule has 1 aliphatic carbocycles. The van der Waals surface area contributed by atoms with Gasteiger partial charge in [0.25, 0.3) is 0 Å². The molecule has 0 N–H and O–H groups in total. The number of hydrogen-bond acceptors (Lipinski definition) is 1. The Morgan fingerprint density at radius 3 is 1.33 bits per heavy atom. The molecular formula is C22H20OSi. The van der Waals surface area contributed by atoms with Crippen molar-refractivity contribution in [1.29, 1.82) is 0 Å². The summed E-state index contributed by atoms with van der Waals surface area (Å²) in [5.41, 5.74) is 0.811. The zero-order chi connectivity index (χ0) is 16.0. The summed E-state index contributed by atoms with van der Waals surface area (Å²) in [5, 5.41) is 4.50. The van der Waals surface area contributed by atoms with E-state index in [1.54, 1.807) is 0 Å². The Balaban J connectivity index is 1.81. The molecule has 2 aliphatic rings. The van der Waals surface area contributed by atoms with Crippen molar-refractivity contribution in [3.05, 3.63) is 91.0 Å². The standard InChI is InChI=1S/C22H20OSi/c1-4-10-18(11-5-1)24(19-12-6-2-7-13-19,20-14-8-3-9-15-20)21-16-22(21)17-23-22/h1-15,21H,16-17H2/t21-,22+/m0/s1. The molecule has 2 fully saturated rings. The lowest BCUT2D eigenvalue weighted by Crippen LogP contribution is -2.68. The van der Waals surface area contributed by atoms with Crippen LogP contribution in [0.5, 0.6) is 0 Å². The zero-order valence-electron chi connectivity index (χ0n) is 13.6. The van der Waals surface area contributed by atoms with Gasteiger partial charge < -0.3 is 4.74 Å². The lowest BCUT2D eigenvalue weighted by atomic mass is 10.3. The van der Waals surface area contributed by atoms with Crippen molar-refractivity contribution in [3.8, 4) is 0 Å². The molecule has 0 aromatic heterocycles. The molecule has 3 aromatic carbocycles. The summed E-state index contributed by atoms with van der Waals surface area (Å²) in [7, 11) is -2.09. The van der Waals surface area contributed by atoms with Crippen molar-refractivity contribution in [3.63, 3.8) is 0 Å². The van der Waals surface area contributed by atoms with Gasteiger partial charge in [-0.2, -0.15) is 0 Å². The monoisotopic (exact) mass is 328 g/mol. The Labute approximate surface area is 143 Å². The van der Waals surface area contributed by atoms with Gasteiger partial charge in [-0.15, -0.1) is 0 Å². The first-order valence-corrected chi connectivity index (χ1v) is 10.7. The fraction of sp³-hybridized carbons (Fsp3) is 0.182. The van der Waals surface area contributed by atoms with Crippen LogP contribution in [0.2, 0.25) is 5.54 Å². The maximum absolute atomic E-state index is 5.92. The molecule has 1 saturated heterocycles. The summed E-state index contributed by atoms with van der Waals surface area (Å²) in [5.74, 6) is 0. The molecule has 2 atom stereocenters. The highest BCUT2D eigenvalue weighted by Gasteiger charge is 2.73. The van der Waals surface area contributed by atoms with Gasteiger partial charge in [0.05, 0.1) is 12.2 Å². The van der Waals surface area contributed by atoms with Gasteiger partial charge >= 0.3 is 0 Å². The summed E-state index contributed by atoms with van der Waals surface area (Å²) < 4.78 is 5.92. The average molecular weight is 328 g/mol. The van der Waals surface area contributed by atoms with E-state index in [1.807, 2.05) is 0 Å². The van der Waals surface area contributed by atoms with Crippen molar-refractivity contribution in [2.45, 2.75) is 17.6 Å². The maximum atomic E-state index is 5.92. The van der Waals surface area contributed by atoms with Gasteiger partial charge in [-0.25, -0.2) is 0 Å². The van der Waals surface area contributed by atoms with Gasteiger partial charge in [-0.3, -0.25) is 0 Å². The maximum Gasteiger partial charge on any atom is 0.154 e. The predicted octanol–water partition coefficient (Wildman–Crippen LogP) is 2.70. The SMILES string of the molecule is c1ccc([Si](c2ccccc2)(c2ccccc2)[C@H]2C[C@@]23CO3)cc1. The zero-order valence-corrected chi connectivity index (χ0v) is 14.6. The predicted molar refractivity (Wildman–Crippen MR) is 101 cm³/mol. The van der Waals surface area contributed by atoms with E-state index in [9.17, 15) is 0 Å². The fourth-order valence-electron chi connectivity index (χ4n) is 4.45. The van der Waals surface area contributed by atoms with E-state index >= 15 is 0 Å². The Hall–Kier alpha value is -2.16. The molecule has 3 aromatic rings. The average Bonchev–Trinajstić information content (AvgIpc) is 3.59. The largest absolute Gasteiger partial charge is 0.370 e. The van der Waals surface area contributed by atoms with Crippen LogP contribution in [0.1, 0.15) is 6.42 Å². The van der Waals surface area contributed by atoms with Crippen molar-refractivity contribution in [2.24, 2.45) is 0 Å². The quantitative estimate of drug-likeness (QED) is 0.408. The third kappa shape index (κ3) is 1.97. The van der Waals surface area contributed by atoms with Crippen LogP contribution in [-0.4, -0.2) is 20.3 Å². The van der Waals surface area contributed by atoms with Crippen molar-refractivity contribution >= 4 is 23.6 Å². The Morgan fingerprint density at radius 1 is 0.667 bits per heavy atom. The van der Waals surface area contributed by atoms with Gasteiger partial charge in [0, 0.05) is 5.54 Å². The van der Waals surface area contributed by atoms with E-state index in [-0.39, 0.29) is 5.60 Å². The van der Waals surface area contributed by atoms with E-state index in [2.05, 4.69) is 91.0 Å². The molecule has 5 rings (SSSR count). The minimum atomic E-state index is -2.09. The van der Waals surface area contributed by atoms with Gasteiger partial charge in [-0.1, -0.05) is 91.0 Å². The third-order valence-electron chi connectivity index (χ3n) is 5.75. The first kappa shape index (κ1) is 14.2. The lowest BCUT2D eigenvalue weighted by molar-refractivity contribution is 0.398. The first-order chi connectivity index (χ1) is 11.9. The second kappa shape index (κ2) is 5.17. The van der Waals surface area contributed by atoms with Crippen LogP contribution in [0.4, 0.5) is 0 Å². The lowest BCUT2D eigenvalue weighted by Gasteiger charge is -2.34. The number of ether oxygens (including phenoxy) is 1. The molecule has 118 valence electrons. The number of rotatable bonds is 4. The smallest absolute Gasteiger partial charge is 0.154 e. The molecule has 1 aliphatic heterocycles. The Kier molecular flexibility index (Phi) is 3.06. The third-order valence-corrected chi connectivity index (χ3v) is 11.3. The van der Waals surface area contributed by atoms with Crippen molar-refractivity contribution in [2.75, 3.05) is 6.61 Å². The van der Waals surface area contributed by atoms with Crippen LogP contribution in [-0.2, 0) is 4.74 Å². The second-order valence-corrected chi connectivity index (χ2v) is 11.1. The molecule has 1 nitrogen and oxygen atoms in total. The van der Waals surface area contributed by atoms with E-state index in [0.29, 0.717) is 5.54 Å². The topological polar surface area (TPSA) is 12.5 Å². The highest BCUT2D eigenvalue weighted by atomic mass is 28.3. The van der Waals surface area contributed by atoms with Crippen LogP contribution < -0.4 is 15.6 Å². The van der Waals surface area contributed by atoms with Crippen LogP contribution in [0.3, 0.4) is 0 Å². The summed E-state index contributed by atoms with van der Waals surface area (Å²) >= 11 is 0. The van der Waals surface area contributed by atoms with E-state index < -0.39 is 8.07 Å². The molecule has 0 bridgehead atoms. The number of epoxide rings is 1. The van der Waals surface area contributed by atoms with Crippen molar-refractivity contribution < 1.29 is 4.74 Å². The molecule has 0 amide bonds. The molecule has 1 saturated carbocycles. The van der Waals surface area contributed by atoms with E-state index in [4.69, 9.17) is 4.74 Å². The summed E-state index contributed by atoms with van der Waals surface area (Å²) in [4.78, 5) is 0. The molecular weight excluding hydrogens is 308 g/mol. The highest BCUT2D eigenvalue weighted by Crippen LogP contribution is 2.65. The molecule has 1 heterocycles. The first-order valence-electron chi connectivity index (χ1n) is 8.67. The van der Waals surface area contributed by atoms with Crippen LogP contribution in [0.25, 0.3) is 0 Å². The fourth-order valence-corrected chi connectivity index (χ4v) is 10.4. The molecule has 2 heteroatoms. The van der Waals surface area contributed by atoms with Gasteiger partial charge in [0.1, 0.15) is 0 Å².